The summed E-state index contributed by atoms with van der Waals surface area (Å²) in [5, 5.41) is 17.5. The third-order valence-corrected chi connectivity index (χ3v) is 7.88. The maximum absolute atomic E-state index is 13.2. The molecule has 0 spiro atoms. The van der Waals surface area contributed by atoms with Crippen LogP contribution in [0.25, 0.3) is 0 Å². The fraction of sp³-hybridized carbons (Fsp3) is 0.469. The second kappa shape index (κ2) is 12.3. The summed E-state index contributed by atoms with van der Waals surface area (Å²) in [6.45, 7) is 13.0. The summed E-state index contributed by atoms with van der Waals surface area (Å²) in [4.78, 5) is 38.5. The van der Waals surface area contributed by atoms with Crippen molar-refractivity contribution in [1.29, 1.82) is 0 Å². The Morgan fingerprint density at radius 3 is 2.17 bits per heavy atom. The lowest BCUT2D eigenvalue weighted by molar-refractivity contribution is -0.151. The average Bonchev–Trinajstić information content (AvgIpc) is 2.89. The summed E-state index contributed by atoms with van der Waals surface area (Å²) in [5.74, 6) is -0.909. The summed E-state index contributed by atoms with van der Waals surface area (Å²) in [7, 11) is 0. The minimum absolute atomic E-state index is 0.00206. The molecule has 2 amide bonds. The van der Waals surface area contributed by atoms with Crippen molar-refractivity contribution < 1.29 is 29.0 Å². The topological polar surface area (TPSA) is 114 Å². The van der Waals surface area contributed by atoms with Crippen LogP contribution in [0.5, 0.6) is 0 Å². The molecule has 0 fully saturated rings. The third-order valence-electron chi connectivity index (χ3n) is 7.88. The maximum Gasteiger partial charge on any atom is 0.338 e. The fourth-order valence-corrected chi connectivity index (χ4v) is 4.83. The highest BCUT2D eigenvalue weighted by Gasteiger charge is 2.53. The molecule has 8 nitrogen and oxygen atoms in total. The van der Waals surface area contributed by atoms with Gasteiger partial charge in [0.1, 0.15) is 18.0 Å². The number of nitrogens with one attached hydrogen (secondary N) is 2. The van der Waals surface area contributed by atoms with E-state index in [2.05, 4.69) is 10.6 Å². The number of esters is 2. The molecule has 0 bridgehead atoms. The molecule has 1 unspecified atom stereocenters. The van der Waals surface area contributed by atoms with E-state index in [1.807, 2.05) is 78.8 Å². The molecule has 0 heterocycles. The van der Waals surface area contributed by atoms with Crippen molar-refractivity contribution in [2.45, 2.75) is 78.5 Å². The number of allylic oxidation sites excluding steroid dienone is 1. The zero-order valence-corrected chi connectivity index (χ0v) is 24.5. The van der Waals surface area contributed by atoms with Gasteiger partial charge in [0.2, 0.25) is 0 Å². The van der Waals surface area contributed by atoms with E-state index in [9.17, 15) is 19.5 Å². The van der Waals surface area contributed by atoms with Crippen LogP contribution in [0.1, 0.15) is 83.3 Å². The lowest BCUT2D eigenvalue weighted by atomic mass is 9.60. The van der Waals surface area contributed by atoms with Crippen molar-refractivity contribution in [3.63, 3.8) is 0 Å². The highest BCUT2D eigenvalue weighted by atomic mass is 16.6. The molecule has 40 heavy (non-hydrogen) atoms. The lowest BCUT2D eigenvalue weighted by Crippen LogP contribution is -2.55. The third kappa shape index (κ3) is 7.50. The highest BCUT2D eigenvalue weighted by molar-refractivity contribution is 5.89. The number of carbonyl (C=O) groups is 3. The second-order valence-electron chi connectivity index (χ2n) is 12.2. The number of amides is 2. The number of aliphatic hydroxyl groups is 1. The van der Waals surface area contributed by atoms with E-state index in [4.69, 9.17) is 9.47 Å². The van der Waals surface area contributed by atoms with Crippen molar-refractivity contribution in [1.82, 2.24) is 10.6 Å². The van der Waals surface area contributed by atoms with E-state index in [-0.39, 0.29) is 25.4 Å². The van der Waals surface area contributed by atoms with Crippen molar-refractivity contribution in [2.75, 3.05) is 6.61 Å². The molecule has 0 saturated carbocycles. The van der Waals surface area contributed by atoms with Gasteiger partial charge < -0.3 is 25.2 Å². The molecule has 216 valence electrons. The van der Waals surface area contributed by atoms with Gasteiger partial charge in [0.25, 0.3) is 0 Å². The van der Waals surface area contributed by atoms with Crippen molar-refractivity contribution in [3.8, 4) is 0 Å². The van der Waals surface area contributed by atoms with Gasteiger partial charge in [-0.25, -0.2) is 9.59 Å². The Morgan fingerprint density at radius 2 is 1.60 bits per heavy atom. The second-order valence-corrected chi connectivity index (χ2v) is 12.2. The first-order chi connectivity index (χ1) is 18.6. The number of urea groups is 1. The van der Waals surface area contributed by atoms with Crippen molar-refractivity contribution in [2.24, 2.45) is 11.3 Å². The number of carbonyl (C=O) groups excluding carboxylic acids is 3. The SMILES string of the molecule is CC1=C(OC(=O)C[C@@H](NC(=O)NC(C)(C)C)c2ccccc2)C[C@@](O)(COC(=O)c2ccccc2)C(C)(C)C1C. The summed E-state index contributed by atoms with van der Waals surface area (Å²) in [6, 6.07) is 16.8. The summed E-state index contributed by atoms with van der Waals surface area (Å²) < 4.78 is 11.4. The number of rotatable bonds is 8. The molecule has 0 aliphatic heterocycles. The van der Waals surface area contributed by atoms with Crippen LogP contribution in [0, 0.1) is 11.3 Å². The van der Waals surface area contributed by atoms with E-state index in [1.54, 1.807) is 30.3 Å². The van der Waals surface area contributed by atoms with Gasteiger partial charge in [-0.15, -0.1) is 0 Å². The predicted molar refractivity (Wildman–Crippen MR) is 153 cm³/mol. The Hall–Kier alpha value is -3.65. The minimum Gasteiger partial charge on any atom is -0.459 e. The summed E-state index contributed by atoms with van der Waals surface area (Å²) in [6.07, 6.45) is -0.116. The monoisotopic (exact) mass is 550 g/mol. The van der Waals surface area contributed by atoms with Crippen molar-refractivity contribution in [3.05, 3.63) is 83.1 Å². The summed E-state index contributed by atoms with van der Waals surface area (Å²) >= 11 is 0. The van der Waals surface area contributed by atoms with Crippen LogP contribution in [0.4, 0.5) is 4.79 Å². The van der Waals surface area contributed by atoms with Crippen LogP contribution in [0.15, 0.2) is 72.0 Å². The zero-order chi connectivity index (χ0) is 29.7. The first-order valence-corrected chi connectivity index (χ1v) is 13.6. The Bertz CT molecular complexity index is 1230. The Balaban J connectivity index is 1.76. The van der Waals surface area contributed by atoms with Gasteiger partial charge >= 0.3 is 18.0 Å². The minimum atomic E-state index is -1.48. The van der Waals surface area contributed by atoms with E-state index in [0.717, 1.165) is 11.1 Å². The molecule has 8 heteroatoms. The van der Waals surface area contributed by atoms with Crippen LogP contribution < -0.4 is 10.6 Å². The van der Waals surface area contributed by atoms with Gasteiger partial charge in [-0.2, -0.15) is 0 Å². The molecule has 3 atom stereocenters. The Labute approximate surface area is 237 Å². The molecule has 2 aromatic rings. The number of hydrogen-bond donors (Lipinski definition) is 3. The predicted octanol–water partition coefficient (Wildman–Crippen LogP) is 5.69. The molecule has 0 aromatic heterocycles. The lowest BCUT2D eigenvalue weighted by Gasteiger charge is -2.50. The number of ether oxygens (including phenoxy) is 2. The van der Waals surface area contributed by atoms with Crippen LogP contribution in [0.3, 0.4) is 0 Å². The quantitative estimate of drug-likeness (QED) is 0.364. The van der Waals surface area contributed by atoms with Gasteiger partial charge in [0.15, 0.2) is 0 Å². The normalized spacial score (nSPS) is 21.2. The largest absolute Gasteiger partial charge is 0.459 e. The first kappa shape index (κ1) is 30.9. The average molecular weight is 551 g/mol. The smallest absolute Gasteiger partial charge is 0.338 e. The molecule has 0 radical (unpaired) electrons. The zero-order valence-electron chi connectivity index (χ0n) is 24.5. The number of benzene rings is 2. The maximum atomic E-state index is 13.2. The molecule has 1 aliphatic rings. The van der Waals surface area contributed by atoms with Gasteiger partial charge in [0, 0.05) is 17.4 Å². The van der Waals surface area contributed by atoms with Crippen molar-refractivity contribution >= 4 is 18.0 Å². The van der Waals surface area contributed by atoms with Crippen LogP contribution >= 0.6 is 0 Å². The molecule has 3 N–H and O–H groups in total. The molecule has 2 aromatic carbocycles. The Kier molecular flexibility index (Phi) is 9.46. The van der Waals surface area contributed by atoms with Crippen LogP contribution in [0.2, 0.25) is 0 Å². The Morgan fingerprint density at radius 1 is 1.02 bits per heavy atom. The molecule has 0 saturated heterocycles. The molecule has 3 rings (SSSR count). The van der Waals surface area contributed by atoms with Gasteiger partial charge in [-0.3, -0.25) is 4.79 Å². The van der Waals surface area contributed by atoms with E-state index in [0.29, 0.717) is 11.3 Å². The molecule has 1 aliphatic carbocycles. The van der Waals surface area contributed by atoms with Crippen LogP contribution in [-0.2, 0) is 14.3 Å². The van der Waals surface area contributed by atoms with E-state index < -0.39 is 40.6 Å². The van der Waals surface area contributed by atoms with E-state index >= 15 is 0 Å². The first-order valence-electron chi connectivity index (χ1n) is 13.6. The highest BCUT2D eigenvalue weighted by Crippen LogP contribution is 2.50. The van der Waals surface area contributed by atoms with Gasteiger partial charge in [0.05, 0.1) is 18.0 Å². The van der Waals surface area contributed by atoms with E-state index in [1.165, 1.54) is 0 Å². The van der Waals surface area contributed by atoms with Gasteiger partial charge in [-0.1, -0.05) is 69.3 Å². The molecular formula is C32H42N2O6. The van der Waals surface area contributed by atoms with Gasteiger partial charge in [-0.05, 0) is 56.9 Å². The fourth-order valence-electron chi connectivity index (χ4n) is 4.83. The standard InChI is InChI=1S/C32H42N2O6/c1-21-22(2)31(6,7)32(38,20-39-28(36)24-16-12-9-13-17-24)19-26(21)40-27(35)18-25(23-14-10-8-11-15-23)33-29(37)34-30(3,4)5/h8-17,22,25,38H,18-20H2,1-7H3,(H2,33,34,37)/t22?,25-,32-/m1/s1. The van der Waals surface area contributed by atoms with Crippen LogP contribution in [-0.4, -0.2) is 40.8 Å². The molecular weight excluding hydrogens is 508 g/mol. The number of hydrogen-bond acceptors (Lipinski definition) is 6. The summed E-state index contributed by atoms with van der Waals surface area (Å²) in [5.41, 5.74) is -0.615.